The number of hydrogen-bond donors (Lipinski definition) is 1. The van der Waals surface area contributed by atoms with E-state index in [9.17, 15) is 0 Å². The van der Waals surface area contributed by atoms with E-state index in [0.29, 0.717) is 0 Å². The monoisotopic (exact) mass is 153 g/mol. The molecule has 0 fully saturated rings. The Morgan fingerprint density at radius 2 is 2.45 bits per heavy atom. The summed E-state index contributed by atoms with van der Waals surface area (Å²) in [6.07, 6.45) is 4.77. The Labute approximate surface area is 67.2 Å². The van der Waals surface area contributed by atoms with Crippen LogP contribution in [0, 0.1) is 0 Å². The van der Waals surface area contributed by atoms with E-state index in [2.05, 4.69) is 16.5 Å². The normalized spacial score (nSPS) is 13.4. The van der Waals surface area contributed by atoms with Crippen LogP contribution in [-0.4, -0.2) is 15.6 Å². The molecule has 0 radical (unpaired) electrons. The standard InChI is InChI=1S/C8H15N3/c1-3-8-10-4-5-11(8)6-7(2)9/h4-5,7H,3,6,9H2,1-2H3. The number of nitrogens with zero attached hydrogens (tertiary/aromatic N) is 2. The highest BCUT2D eigenvalue weighted by molar-refractivity contribution is 4.92. The summed E-state index contributed by atoms with van der Waals surface area (Å²) in [7, 11) is 0. The maximum absolute atomic E-state index is 5.66. The van der Waals surface area contributed by atoms with Gasteiger partial charge in [-0.25, -0.2) is 4.98 Å². The Morgan fingerprint density at radius 3 is 3.00 bits per heavy atom. The van der Waals surface area contributed by atoms with E-state index in [0.717, 1.165) is 18.8 Å². The van der Waals surface area contributed by atoms with Crippen LogP contribution in [0.15, 0.2) is 12.4 Å². The highest BCUT2D eigenvalue weighted by atomic mass is 15.1. The summed E-state index contributed by atoms with van der Waals surface area (Å²) in [6, 6.07) is 0.203. The molecule has 0 saturated heterocycles. The van der Waals surface area contributed by atoms with Gasteiger partial charge >= 0.3 is 0 Å². The molecule has 11 heavy (non-hydrogen) atoms. The largest absolute Gasteiger partial charge is 0.333 e. The van der Waals surface area contributed by atoms with Gasteiger partial charge in [-0.05, 0) is 6.92 Å². The first-order valence-electron chi connectivity index (χ1n) is 3.99. The lowest BCUT2D eigenvalue weighted by molar-refractivity contribution is 0.569. The molecule has 0 amide bonds. The van der Waals surface area contributed by atoms with E-state index >= 15 is 0 Å². The first kappa shape index (κ1) is 8.27. The second-order valence-corrected chi connectivity index (χ2v) is 2.83. The van der Waals surface area contributed by atoms with Crippen molar-refractivity contribution in [2.45, 2.75) is 32.9 Å². The summed E-state index contributed by atoms with van der Waals surface area (Å²) in [5, 5.41) is 0. The predicted molar refractivity (Wildman–Crippen MR) is 45.3 cm³/mol. The fourth-order valence-corrected chi connectivity index (χ4v) is 1.13. The van der Waals surface area contributed by atoms with E-state index in [1.54, 1.807) is 0 Å². The third-order valence-corrected chi connectivity index (χ3v) is 1.60. The molecule has 62 valence electrons. The van der Waals surface area contributed by atoms with Gasteiger partial charge in [0.2, 0.25) is 0 Å². The first-order valence-corrected chi connectivity index (χ1v) is 3.99. The lowest BCUT2D eigenvalue weighted by Gasteiger charge is -2.08. The molecule has 1 aromatic heterocycles. The minimum absolute atomic E-state index is 0.203. The molecule has 3 heteroatoms. The van der Waals surface area contributed by atoms with Crippen LogP contribution in [0.3, 0.4) is 0 Å². The quantitative estimate of drug-likeness (QED) is 0.697. The van der Waals surface area contributed by atoms with Crippen molar-refractivity contribution in [3.63, 3.8) is 0 Å². The number of imidazole rings is 1. The van der Waals surface area contributed by atoms with Gasteiger partial charge in [0.25, 0.3) is 0 Å². The van der Waals surface area contributed by atoms with Crippen molar-refractivity contribution in [3.8, 4) is 0 Å². The van der Waals surface area contributed by atoms with Crippen LogP contribution in [0.4, 0.5) is 0 Å². The van der Waals surface area contributed by atoms with Crippen molar-refractivity contribution in [2.24, 2.45) is 5.73 Å². The summed E-state index contributed by atoms with van der Waals surface area (Å²) in [4.78, 5) is 4.20. The van der Waals surface area contributed by atoms with E-state index in [1.165, 1.54) is 0 Å². The van der Waals surface area contributed by atoms with Crippen molar-refractivity contribution < 1.29 is 0 Å². The molecule has 1 unspecified atom stereocenters. The molecule has 0 aliphatic heterocycles. The van der Waals surface area contributed by atoms with E-state index in [4.69, 9.17) is 5.73 Å². The van der Waals surface area contributed by atoms with Crippen LogP contribution >= 0.6 is 0 Å². The molecule has 3 nitrogen and oxygen atoms in total. The van der Waals surface area contributed by atoms with Crippen molar-refractivity contribution >= 4 is 0 Å². The second-order valence-electron chi connectivity index (χ2n) is 2.83. The van der Waals surface area contributed by atoms with Crippen LogP contribution < -0.4 is 5.73 Å². The Kier molecular flexibility index (Phi) is 2.65. The lowest BCUT2D eigenvalue weighted by Crippen LogP contribution is -2.22. The van der Waals surface area contributed by atoms with Crippen LogP contribution in [0.2, 0.25) is 0 Å². The molecule has 1 atom stereocenters. The van der Waals surface area contributed by atoms with Crippen molar-refractivity contribution in [1.82, 2.24) is 9.55 Å². The Morgan fingerprint density at radius 1 is 1.73 bits per heavy atom. The zero-order valence-corrected chi connectivity index (χ0v) is 7.12. The predicted octanol–water partition coefficient (Wildman–Crippen LogP) is 0.793. The molecule has 2 N–H and O–H groups in total. The molecular weight excluding hydrogens is 138 g/mol. The van der Waals surface area contributed by atoms with Gasteiger partial charge in [0, 0.05) is 31.4 Å². The van der Waals surface area contributed by atoms with Gasteiger partial charge in [-0.1, -0.05) is 6.92 Å². The van der Waals surface area contributed by atoms with Crippen LogP contribution in [0.25, 0.3) is 0 Å². The van der Waals surface area contributed by atoms with Gasteiger partial charge in [0.05, 0.1) is 0 Å². The topological polar surface area (TPSA) is 43.8 Å². The molecule has 0 aromatic carbocycles. The minimum Gasteiger partial charge on any atom is -0.333 e. The van der Waals surface area contributed by atoms with E-state index in [1.807, 2.05) is 19.3 Å². The smallest absolute Gasteiger partial charge is 0.108 e. The zero-order chi connectivity index (χ0) is 8.27. The lowest BCUT2D eigenvalue weighted by atomic mass is 10.3. The number of hydrogen-bond acceptors (Lipinski definition) is 2. The first-order chi connectivity index (χ1) is 5.24. The Bertz CT molecular complexity index is 215. The van der Waals surface area contributed by atoms with Gasteiger partial charge in [-0.15, -0.1) is 0 Å². The maximum Gasteiger partial charge on any atom is 0.108 e. The maximum atomic E-state index is 5.66. The summed E-state index contributed by atoms with van der Waals surface area (Å²) < 4.78 is 2.10. The molecule has 0 aliphatic carbocycles. The molecule has 1 heterocycles. The van der Waals surface area contributed by atoms with Gasteiger partial charge in [0.1, 0.15) is 5.82 Å². The van der Waals surface area contributed by atoms with Crippen LogP contribution in [0.1, 0.15) is 19.7 Å². The molecule has 0 bridgehead atoms. The summed E-state index contributed by atoms with van der Waals surface area (Å²) in [5.41, 5.74) is 5.66. The number of aromatic nitrogens is 2. The SMILES string of the molecule is CCc1nccn1CC(C)N. The molecule has 0 saturated carbocycles. The fourth-order valence-electron chi connectivity index (χ4n) is 1.13. The average molecular weight is 153 g/mol. The Balaban J connectivity index is 2.68. The Hall–Kier alpha value is -0.830. The summed E-state index contributed by atoms with van der Waals surface area (Å²) in [6.45, 7) is 4.96. The molecule has 0 aliphatic rings. The van der Waals surface area contributed by atoms with Crippen molar-refractivity contribution in [2.75, 3.05) is 0 Å². The van der Waals surface area contributed by atoms with Crippen molar-refractivity contribution in [3.05, 3.63) is 18.2 Å². The van der Waals surface area contributed by atoms with Gasteiger partial charge < -0.3 is 10.3 Å². The van der Waals surface area contributed by atoms with Crippen LogP contribution in [0.5, 0.6) is 0 Å². The zero-order valence-electron chi connectivity index (χ0n) is 7.12. The van der Waals surface area contributed by atoms with Gasteiger partial charge in [-0.2, -0.15) is 0 Å². The van der Waals surface area contributed by atoms with Crippen molar-refractivity contribution in [1.29, 1.82) is 0 Å². The average Bonchev–Trinajstić information content (AvgIpc) is 2.34. The summed E-state index contributed by atoms with van der Waals surface area (Å²) in [5.74, 6) is 1.11. The minimum atomic E-state index is 0.203. The van der Waals surface area contributed by atoms with Gasteiger partial charge in [-0.3, -0.25) is 0 Å². The molecule has 1 rings (SSSR count). The number of nitrogens with two attached hydrogens (primary N) is 1. The highest BCUT2D eigenvalue weighted by Gasteiger charge is 2.00. The molecule has 1 aromatic rings. The summed E-state index contributed by atoms with van der Waals surface area (Å²) >= 11 is 0. The molecule has 0 spiro atoms. The van der Waals surface area contributed by atoms with Gasteiger partial charge in [0.15, 0.2) is 0 Å². The van der Waals surface area contributed by atoms with E-state index < -0.39 is 0 Å². The third kappa shape index (κ3) is 2.05. The van der Waals surface area contributed by atoms with E-state index in [-0.39, 0.29) is 6.04 Å². The third-order valence-electron chi connectivity index (χ3n) is 1.60. The van der Waals surface area contributed by atoms with Crippen LogP contribution in [-0.2, 0) is 13.0 Å². The highest BCUT2D eigenvalue weighted by Crippen LogP contribution is 1.98. The fraction of sp³-hybridized carbons (Fsp3) is 0.625. The molecular formula is C8H15N3. The second kappa shape index (κ2) is 3.53. The number of rotatable bonds is 3. The number of aryl methyl sites for hydroxylation is 1.